The highest BCUT2D eigenvalue weighted by Crippen LogP contribution is 2.28. The number of carbonyl (C=O) groups excluding carboxylic acids is 1. The molecular weight excluding hydrogens is 292 g/mol. The monoisotopic (exact) mass is 312 g/mol. The van der Waals surface area contributed by atoms with Gasteiger partial charge < -0.3 is 10.6 Å². The van der Waals surface area contributed by atoms with E-state index < -0.39 is 0 Å². The van der Waals surface area contributed by atoms with Crippen molar-refractivity contribution in [2.75, 3.05) is 13.1 Å². The summed E-state index contributed by atoms with van der Waals surface area (Å²) in [5.41, 5.74) is 6.28. The molecule has 0 aromatic carbocycles. The Balaban J connectivity index is 2.10. The zero-order valence-electron chi connectivity index (χ0n) is 12.0. The number of piperidine rings is 1. The Hall–Kier alpha value is -1.08. The van der Waals surface area contributed by atoms with Crippen molar-refractivity contribution in [2.24, 2.45) is 11.7 Å². The number of nitrogens with zero attached hydrogens (tertiary/aromatic N) is 3. The molecular formula is C13H20N4OS2. The zero-order valence-corrected chi connectivity index (χ0v) is 13.7. The van der Waals surface area contributed by atoms with Crippen LogP contribution in [0.4, 0.5) is 0 Å². The predicted octanol–water partition coefficient (Wildman–Crippen LogP) is 1.97. The minimum atomic E-state index is -0.171. The predicted molar refractivity (Wildman–Crippen MR) is 84.0 cm³/mol. The minimum Gasteiger partial charge on any atom is -0.393 e. The molecule has 1 aliphatic heterocycles. The molecule has 2 N–H and O–H groups in total. The summed E-state index contributed by atoms with van der Waals surface area (Å²) in [7, 11) is 0. The zero-order chi connectivity index (χ0) is 14.9. The third-order valence-electron chi connectivity index (χ3n) is 3.58. The van der Waals surface area contributed by atoms with Gasteiger partial charge in [0, 0.05) is 24.4 Å². The molecule has 1 aromatic heterocycles. The molecule has 110 valence electrons. The molecule has 1 aliphatic rings. The molecule has 5 nitrogen and oxygen atoms in total. The fourth-order valence-corrected chi connectivity index (χ4v) is 3.41. The van der Waals surface area contributed by atoms with Gasteiger partial charge in [-0.15, -0.1) is 5.10 Å². The van der Waals surface area contributed by atoms with Gasteiger partial charge in [0.15, 0.2) is 0 Å². The maximum absolute atomic E-state index is 12.6. The first-order chi connectivity index (χ1) is 9.30. The first-order valence-corrected chi connectivity index (χ1v) is 7.90. The molecule has 20 heavy (non-hydrogen) atoms. The largest absolute Gasteiger partial charge is 0.393 e. The van der Waals surface area contributed by atoms with Crippen molar-refractivity contribution in [3.8, 4) is 0 Å². The van der Waals surface area contributed by atoms with Gasteiger partial charge in [0.05, 0.1) is 10.7 Å². The molecule has 2 heterocycles. The lowest BCUT2D eigenvalue weighted by Crippen LogP contribution is -2.41. The minimum absolute atomic E-state index is 0.0336. The second-order valence-corrected chi connectivity index (χ2v) is 7.40. The van der Waals surface area contributed by atoms with E-state index in [0.717, 1.165) is 18.5 Å². The van der Waals surface area contributed by atoms with Crippen molar-refractivity contribution >= 4 is 34.6 Å². The summed E-state index contributed by atoms with van der Waals surface area (Å²) in [5, 5.41) is 4.13. The van der Waals surface area contributed by atoms with Crippen LogP contribution in [0.1, 0.15) is 49.0 Å². The number of likely N-dealkylation sites (tertiary alicyclic amines) is 1. The summed E-state index contributed by atoms with van der Waals surface area (Å²) in [4.78, 5) is 15.7. The summed E-state index contributed by atoms with van der Waals surface area (Å²) >= 11 is 6.21. The number of nitrogens with two attached hydrogens (primary N) is 1. The lowest BCUT2D eigenvalue weighted by molar-refractivity contribution is 0.0712. The van der Waals surface area contributed by atoms with Crippen LogP contribution in [0.5, 0.6) is 0 Å². The fourth-order valence-electron chi connectivity index (χ4n) is 2.33. The molecule has 1 fully saturated rings. The second-order valence-electron chi connectivity index (χ2n) is 6.17. The number of amides is 1. The van der Waals surface area contributed by atoms with Crippen LogP contribution in [0.3, 0.4) is 0 Å². The van der Waals surface area contributed by atoms with Gasteiger partial charge >= 0.3 is 0 Å². The van der Waals surface area contributed by atoms with Gasteiger partial charge in [0.25, 0.3) is 5.91 Å². The van der Waals surface area contributed by atoms with Crippen molar-refractivity contribution in [2.45, 2.75) is 39.0 Å². The number of carbonyl (C=O) groups is 1. The van der Waals surface area contributed by atoms with Gasteiger partial charge in [-0.3, -0.25) is 4.79 Å². The van der Waals surface area contributed by atoms with E-state index >= 15 is 0 Å². The Morgan fingerprint density at radius 2 is 2.00 bits per heavy atom. The summed E-state index contributed by atoms with van der Waals surface area (Å²) in [5.74, 6) is 0.294. The quantitative estimate of drug-likeness (QED) is 0.845. The van der Waals surface area contributed by atoms with Gasteiger partial charge in [-0.05, 0) is 24.4 Å². The molecule has 1 amide bonds. The number of hydrogen-bond acceptors (Lipinski definition) is 5. The molecule has 1 saturated heterocycles. The number of aromatic nitrogens is 2. The van der Waals surface area contributed by atoms with Crippen molar-refractivity contribution < 1.29 is 4.79 Å². The van der Waals surface area contributed by atoms with E-state index in [-0.39, 0.29) is 17.2 Å². The highest BCUT2D eigenvalue weighted by molar-refractivity contribution is 7.80. The maximum atomic E-state index is 12.6. The third kappa shape index (κ3) is 3.15. The smallest absolute Gasteiger partial charge is 0.267 e. The Morgan fingerprint density at radius 1 is 1.40 bits per heavy atom. The SMILES string of the molecule is CC(C)(C)c1nnsc1C(=O)N1CCC(C(N)=S)CC1. The van der Waals surface area contributed by atoms with Crippen LogP contribution in [-0.2, 0) is 5.41 Å². The Morgan fingerprint density at radius 3 is 2.50 bits per heavy atom. The first kappa shape index (κ1) is 15.3. The second kappa shape index (κ2) is 5.73. The number of hydrogen-bond donors (Lipinski definition) is 1. The number of thiocarbonyl (C=S) groups is 1. The van der Waals surface area contributed by atoms with E-state index in [1.165, 1.54) is 11.5 Å². The van der Waals surface area contributed by atoms with Crippen molar-refractivity contribution in [3.63, 3.8) is 0 Å². The summed E-state index contributed by atoms with van der Waals surface area (Å²) in [6, 6.07) is 0. The van der Waals surface area contributed by atoms with E-state index in [2.05, 4.69) is 9.59 Å². The lowest BCUT2D eigenvalue weighted by Gasteiger charge is -2.31. The molecule has 1 aromatic rings. The molecule has 0 spiro atoms. The summed E-state index contributed by atoms with van der Waals surface area (Å²) in [6.07, 6.45) is 1.69. The summed E-state index contributed by atoms with van der Waals surface area (Å²) < 4.78 is 3.95. The van der Waals surface area contributed by atoms with E-state index in [1.54, 1.807) is 0 Å². The fraction of sp³-hybridized carbons (Fsp3) is 0.692. The van der Waals surface area contributed by atoms with Gasteiger partial charge in [0.2, 0.25) is 0 Å². The van der Waals surface area contributed by atoms with Crippen LogP contribution in [0.25, 0.3) is 0 Å². The molecule has 0 saturated carbocycles. The van der Waals surface area contributed by atoms with E-state index in [9.17, 15) is 4.79 Å². The van der Waals surface area contributed by atoms with Gasteiger partial charge in [-0.1, -0.05) is 37.5 Å². The lowest BCUT2D eigenvalue weighted by atomic mass is 9.91. The highest BCUT2D eigenvalue weighted by atomic mass is 32.1. The van der Waals surface area contributed by atoms with Crippen molar-refractivity contribution in [1.29, 1.82) is 0 Å². The normalized spacial score (nSPS) is 17.2. The van der Waals surface area contributed by atoms with Crippen molar-refractivity contribution in [3.05, 3.63) is 10.6 Å². The van der Waals surface area contributed by atoms with Crippen LogP contribution >= 0.6 is 23.8 Å². The first-order valence-electron chi connectivity index (χ1n) is 6.72. The van der Waals surface area contributed by atoms with Crippen LogP contribution in [0.2, 0.25) is 0 Å². The van der Waals surface area contributed by atoms with Gasteiger partial charge in [-0.25, -0.2) is 0 Å². The molecule has 0 unspecified atom stereocenters. The third-order valence-corrected chi connectivity index (χ3v) is 4.62. The van der Waals surface area contributed by atoms with E-state index in [0.29, 0.717) is 23.0 Å². The summed E-state index contributed by atoms with van der Waals surface area (Å²) in [6.45, 7) is 7.52. The highest BCUT2D eigenvalue weighted by Gasteiger charge is 2.31. The van der Waals surface area contributed by atoms with Gasteiger partial charge in [-0.2, -0.15) is 0 Å². The molecule has 0 bridgehead atoms. The Labute approximate surface area is 128 Å². The van der Waals surface area contributed by atoms with Crippen LogP contribution in [0, 0.1) is 5.92 Å². The molecule has 2 rings (SSSR count). The topological polar surface area (TPSA) is 72.1 Å². The average molecular weight is 312 g/mol. The van der Waals surface area contributed by atoms with Crippen LogP contribution < -0.4 is 5.73 Å². The van der Waals surface area contributed by atoms with Crippen molar-refractivity contribution in [1.82, 2.24) is 14.5 Å². The van der Waals surface area contributed by atoms with E-state index in [4.69, 9.17) is 18.0 Å². The van der Waals surface area contributed by atoms with E-state index in [1.807, 2.05) is 25.7 Å². The molecule has 7 heteroatoms. The Kier molecular flexibility index (Phi) is 4.39. The van der Waals surface area contributed by atoms with Crippen LogP contribution in [0.15, 0.2) is 0 Å². The van der Waals surface area contributed by atoms with Crippen LogP contribution in [-0.4, -0.2) is 38.5 Å². The average Bonchev–Trinajstić information content (AvgIpc) is 2.87. The van der Waals surface area contributed by atoms with Gasteiger partial charge in [0.1, 0.15) is 4.88 Å². The Bertz CT molecular complexity index is 513. The standard InChI is InChI=1S/C13H20N4OS2/c1-13(2,3)10-9(20-16-15-10)12(18)17-6-4-8(5-7-17)11(14)19/h8H,4-7H2,1-3H3,(H2,14,19). The maximum Gasteiger partial charge on any atom is 0.267 e. The molecule has 0 radical (unpaired) electrons. The molecule has 0 aliphatic carbocycles. The number of rotatable bonds is 2. The molecule has 0 atom stereocenters.